The summed E-state index contributed by atoms with van der Waals surface area (Å²) < 4.78 is 0. The lowest BCUT2D eigenvalue weighted by molar-refractivity contribution is 0.0951. The molecule has 0 bridgehead atoms. The summed E-state index contributed by atoms with van der Waals surface area (Å²) in [6.07, 6.45) is 1.76. The van der Waals surface area contributed by atoms with E-state index in [-0.39, 0.29) is 11.7 Å². The number of amides is 1. The molecule has 0 aliphatic carbocycles. The fourth-order valence-corrected chi connectivity index (χ4v) is 2.24. The van der Waals surface area contributed by atoms with Gasteiger partial charge in [0.1, 0.15) is 5.75 Å². The molecule has 0 saturated carbocycles. The molecule has 1 aromatic carbocycles. The van der Waals surface area contributed by atoms with Crippen LogP contribution in [0.4, 0.5) is 0 Å². The zero-order valence-electron chi connectivity index (χ0n) is 10.2. The second-order valence-corrected chi connectivity index (χ2v) is 5.35. The maximum Gasteiger partial charge on any atom is 0.251 e. The molecule has 0 radical (unpaired) electrons. The number of aromatic nitrogens is 1. The molecule has 0 saturated heterocycles. The molecule has 1 aromatic heterocycles. The molecule has 2 rings (SSSR count). The zero-order valence-corrected chi connectivity index (χ0v) is 11.0. The number of carbonyl (C=O) groups is 1. The van der Waals surface area contributed by atoms with Gasteiger partial charge in [0.25, 0.3) is 5.91 Å². The van der Waals surface area contributed by atoms with Crippen molar-refractivity contribution in [2.45, 2.75) is 20.4 Å². The van der Waals surface area contributed by atoms with Gasteiger partial charge in [-0.1, -0.05) is 6.07 Å². The van der Waals surface area contributed by atoms with Gasteiger partial charge in [-0.2, -0.15) is 0 Å². The summed E-state index contributed by atoms with van der Waals surface area (Å²) in [5.74, 6) is -0.0624. The monoisotopic (exact) mass is 262 g/mol. The van der Waals surface area contributed by atoms with Crippen molar-refractivity contribution >= 4 is 17.2 Å². The summed E-state index contributed by atoms with van der Waals surface area (Å²) in [6, 6.07) is 4.89. The third kappa shape index (κ3) is 2.87. The van der Waals surface area contributed by atoms with Gasteiger partial charge in [0, 0.05) is 16.6 Å². The first-order valence-electron chi connectivity index (χ1n) is 5.55. The number of rotatable bonds is 3. The number of hydrogen-bond donors (Lipinski definition) is 2. The lowest BCUT2D eigenvalue weighted by atomic mass is 10.1. The summed E-state index contributed by atoms with van der Waals surface area (Å²) >= 11 is 1.56. The topological polar surface area (TPSA) is 62.2 Å². The Morgan fingerprint density at radius 3 is 2.83 bits per heavy atom. The van der Waals surface area contributed by atoms with Crippen molar-refractivity contribution in [1.29, 1.82) is 0 Å². The van der Waals surface area contributed by atoms with E-state index < -0.39 is 0 Å². The van der Waals surface area contributed by atoms with E-state index in [2.05, 4.69) is 10.3 Å². The molecule has 0 unspecified atom stereocenters. The number of benzene rings is 1. The van der Waals surface area contributed by atoms with E-state index in [4.69, 9.17) is 0 Å². The molecule has 0 aliphatic heterocycles. The van der Waals surface area contributed by atoms with Crippen molar-refractivity contribution in [1.82, 2.24) is 10.3 Å². The third-order valence-electron chi connectivity index (χ3n) is 2.56. The number of hydrogen-bond acceptors (Lipinski definition) is 4. The molecule has 94 valence electrons. The quantitative estimate of drug-likeness (QED) is 0.892. The lowest BCUT2D eigenvalue weighted by Gasteiger charge is -2.05. The first kappa shape index (κ1) is 12.6. The fourth-order valence-electron chi connectivity index (χ4n) is 1.51. The first-order valence-corrected chi connectivity index (χ1v) is 6.37. The van der Waals surface area contributed by atoms with E-state index >= 15 is 0 Å². The highest BCUT2D eigenvalue weighted by Gasteiger charge is 2.08. The van der Waals surface area contributed by atoms with Gasteiger partial charge in [-0.05, 0) is 31.5 Å². The van der Waals surface area contributed by atoms with Crippen LogP contribution in [0.15, 0.2) is 24.4 Å². The van der Waals surface area contributed by atoms with Crippen molar-refractivity contribution in [3.05, 3.63) is 45.4 Å². The van der Waals surface area contributed by atoms with E-state index in [0.29, 0.717) is 12.1 Å². The Hall–Kier alpha value is -1.88. The molecule has 2 N–H and O–H groups in total. The van der Waals surface area contributed by atoms with Crippen LogP contribution >= 0.6 is 11.3 Å². The van der Waals surface area contributed by atoms with Crippen LogP contribution in [-0.4, -0.2) is 16.0 Å². The molecule has 0 fully saturated rings. The molecule has 5 heteroatoms. The SMILES string of the molecule is Cc1ncc(CNC(=O)c2ccc(C)c(O)c2)s1. The smallest absolute Gasteiger partial charge is 0.251 e. The van der Waals surface area contributed by atoms with E-state index in [1.807, 2.05) is 6.92 Å². The highest BCUT2D eigenvalue weighted by molar-refractivity contribution is 7.11. The number of aryl methyl sites for hydroxylation is 2. The molecule has 1 heterocycles. The van der Waals surface area contributed by atoms with E-state index in [0.717, 1.165) is 15.4 Å². The molecular weight excluding hydrogens is 248 g/mol. The summed E-state index contributed by atoms with van der Waals surface area (Å²) in [5.41, 5.74) is 1.21. The number of carbonyl (C=O) groups excluding carboxylic acids is 1. The molecule has 4 nitrogen and oxygen atoms in total. The molecule has 18 heavy (non-hydrogen) atoms. The number of thiazole rings is 1. The van der Waals surface area contributed by atoms with Gasteiger partial charge in [0.2, 0.25) is 0 Å². The minimum atomic E-state index is -0.198. The normalized spacial score (nSPS) is 10.3. The largest absolute Gasteiger partial charge is 0.508 e. The first-order chi connectivity index (χ1) is 8.56. The predicted molar refractivity (Wildman–Crippen MR) is 70.9 cm³/mol. The van der Waals surface area contributed by atoms with Crippen LogP contribution in [0, 0.1) is 13.8 Å². The minimum absolute atomic E-state index is 0.135. The fraction of sp³-hybridized carbons (Fsp3) is 0.231. The molecule has 2 aromatic rings. The van der Waals surface area contributed by atoms with Gasteiger partial charge in [-0.25, -0.2) is 4.98 Å². The van der Waals surface area contributed by atoms with Gasteiger partial charge in [-0.3, -0.25) is 4.79 Å². The zero-order chi connectivity index (χ0) is 13.1. The number of aromatic hydroxyl groups is 1. The van der Waals surface area contributed by atoms with Crippen LogP contribution in [-0.2, 0) is 6.54 Å². The number of nitrogens with zero attached hydrogens (tertiary/aromatic N) is 1. The van der Waals surface area contributed by atoms with Crippen LogP contribution in [0.3, 0.4) is 0 Å². The Labute approximate surface area is 109 Å². The maximum atomic E-state index is 11.9. The highest BCUT2D eigenvalue weighted by Crippen LogP contribution is 2.17. The third-order valence-corrected chi connectivity index (χ3v) is 3.48. The Morgan fingerprint density at radius 1 is 1.44 bits per heavy atom. The van der Waals surface area contributed by atoms with Crippen LogP contribution in [0.1, 0.15) is 25.8 Å². The van der Waals surface area contributed by atoms with Gasteiger partial charge >= 0.3 is 0 Å². The molecular formula is C13H14N2O2S. The van der Waals surface area contributed by atoms with Crippen molar-refractivity contribution in [2.24, 2.45) is 0 Å². The average molecular weight is 262 g/mol. The van der Waals surface area contributed by atoms with Crippen molar-refractivity contribution in [2.75, 3.05) is 0 Å². The Kier molecular flexibility index (Phi) is 3.62. The second-order valence-electron chi connectivity index (χ2n) is 4.03. The van der Waals surface area contributed by atoms with Gasteiger partial charge in [-0.15, -0.1) is 11.3 Å². The van der Waals surface area contributed by atoms with E-state index in [1.165, 1.54) is 6.07 Å². The highest BCUT2D eigenvalue weighted by atomic mass is 32.1. The van der Waals surface area contributed by atoms with Gasteiger partial charge < -0.3 is 10.4 Å². The van der Waals surface area contributed by atoms with Crippen LogP contribution in [0.5, 0.6) is 5.75 Å². The number of phenolic OH excluding ortho intramolecular Hbond substituents is 1. The Balaban J connectivity index is 2.01. The average Bonchev–Trinajstić information content (AvgIpc) is 2.75. The molecule has 0 spiro atoms. The van der Waals surface area contributed by atoms with Crippen LogP contribution < -0.4 is 5.32 Å². The minimum Gasteiger partial charge on any atom is -0.508 e. The standard InChI is InChI=1S/C13H14N2O2S/c1-8-3-4-10(5-12(8)16)13(17)15-7-11-6-14-9(2)18-11/h3-6,16H,7H2,1-2H3,(H,15,17). The van der Waals surface area contributed by atoms with Gasteiger partial charge in [0.15, 0.2) is 0 Å². The van der Waals surface area contributed by atoms with E-state index in [9.17, 15) is 9.90 Å². The second kappa shape index (κ2) is 5.18. The van der Waals surface area contributed by atoms with Crippen LogP contribution in [0.2, 0.25) is 0 Å². The predicted octanol–water partition coefficient (Wildman–Crippen LogP) is 2.40. The maximum absolute atomic E-state index is 11.9. The summed E-state index contributed by atoms with van der Waals surface area (Å²) in [6.45, 7) is 4.17. The van der Waals surface area contributed by atoms with Crippen LogP contribution in [0.25, 0.3) is 0 Å². The number of nitrogens with one attached hydrogen (secondary N) is 1. The van der Waals surface area contributed by atoms with Gasteiger partial charge in [0.05, 0.1) is 11.6 Å². The molecule has 0 atom stereocenters. The molecule has 1 amide bonds. The van der Waals surface area contributed by atoms with Crippen molar-refractivity contribution < 1.29 is 9.90 Å². The summed E-state index contributed by atoms with van der Waals surface area (Å²) in [7, 11) is 0. The Morgan fingerprint density at radius 2 is 2.22 bits per heavy atom. The summed E-state index contributed by atoms with van der Waals surface area (Å²) in [5, 5.41) is 13.3. The van der Waals surface area contributed by atoms with Crippen molar-refractivity contribution in [3.63, 3.8) is 0 Å². The van der Waals surface area contributed by atoms with E-state index in [1.54, 1.807) is 36.6 Å². The number of phenols is 1. The lowest BCUT2D eigenvalue weighted by Crippen LogP contribution is -2.22. The Bertz CT molecular complexity index is 578. The summed E-state index contributed by atoms with van der Waals surface area (Å²) in [4.78, 5) is 17.0. The van der Waals surface area contributed by atoms with Crippen molar-refractivity contribution in [3.8, 4) is 5.75 Å². The molecule has 0 aliphatic rings.